The lowest BCUT2D eigenvalue weighted by atomic mass is 9.80. The second kappa shape index (κ2) is 5.52. The monoisotopic (exact) mass is 292 g/mol. The van der Waals surface area contributed by atoms with E-state index in [-0.39, 0.29) is 5.56 Å². The third-order valence-electron chi connectivity index (χ3n) is 4.01. The van der Waals surface area contributed by atoms with Crippen LogP contribution in [0.25, 0.3) is 4.96 Å². The van der Waals surface area contributed by atoms with Crippen LogP contribution < -0.4 is 10.9 Å². The maximum atomic E-state index is 12.0. The predicted octanol–water partition coefficient (Wildman–Crippen LogP) is 2.70. The topological polar surface area (TPSA) is 59.3 Å². The van der Waals surface area contributed by atoms with Gasteiger partial charge in [0.05, 0.1) is 0 Å². The average Bonchev–Trinajstić information content (AvgIpc) is 2.70. The number of rotatable bonds is 5. The first-order chi connectivity index (χ1) is 9.67. The number of nitrogens with zero attached hydrogens (tertiary/aromatic N) is 3. The summed E-state index contributed by atoms with van der Waals surface area (Å²) < 4.78 is 1.40. The SMILES string of the molecule is CCCc1cc(=O)n2nc(NC(C)C3CCC3)sc2n1. The highest BCUT2D eigenvalue weighted by atomic mass is 32.1. The molecule has 1 N–H and O–H groups in total. The van der Waals surface area contributed by atoms with Crippen molar-refractivity contribution in [2.24, 2.45) is 5.92 Å². The van der Waals surface area contributed by atoms with Crippen LogP contribution >= 0.6 is 11.3 Å². The zero-order valence-electron chi connectivity index (χ0n) is 11.9. The van der Waals surface area contributed by atoms with Gasteiger partial charge in [-0.2, -0.15) is 4.52 Å². The van der Waals surface area contributed by atoms with Crippen molar-refractivity contribution < 1.29 is 0 Å². The van der Waals surface area contributed by atoms with Crippen LogP contribution in [0.1, 0.15) is 45.2 Å². The van der Waals surface area contributed by atoms with Crippen LogP contribution in [-0.4, -0.2) is 20.6 Å². The van der Waals surface area contributed by atoms with E-state index < -0.39 is 0 Å². The molecular formula is C14H20N4OS. The molecule has 2 aromatic heterocycles. The van der Waals surface area contributed by atoms with E-state index in [1.54, 1.807) is 6.07 Å². The highest BCUT2D eigenvalue weighted by molar-refractivity contribution is 7.20. The van der Waals surface area contributed by atoms with Gasteiger partial charge in [0.2, 0.25) is 10.1 Å². The normalized spacial score (nSPS) is 17.1. The maximum Gasteiger partial charge on any atom is 0.275 e. The minimum atomic E-state index is -0.0842. The molecule has 1 fully saturated rings. The Morgan fingerprint density at radius 3 is 3.00 bits per heavy atom. The molecule has 108 valence electrons. The molecule has 0 radical (unpaired) electrons. The first kappa shape index (κ1) is 13.5. The van der Waals surface area contributed by atoms with E-state index in [0.29, 0.717) is 11.0 Å². The van der Waals surface area contributed by atoms with Crippen molar-refractivity contribution in [3.8, 4) is 0 Å². The molecule has 2 heterocycles. The van der Waals surface area contributed by atoms with Gasteiger partial charge in [-0.15, -0.1) is 5.10 Å². The van der Waals surface area contributed by atoms with Crippen molar-refractivity contribution in [3.05, 3.63) is 22.1 Å². The molecule has 1 aliphatic carbocycles. The molecule has 1 atom stereocenters. The highest BCUT2D eigenvalue weighted by Crippen LogP contribution is 2.31. The zero-order chi connectivity index (χ0) is 14.1. The lowest BCUT2D eigenvalue weighted by molar-refractivity contribution is 0.285. The zero-order valence-corrected chi connectivity index (χ0v) is 12.7. The molecule has 3 rings (SSSR count). The second-order valence-electron chi connectivity index (χ2n) is 5.56. The van der Waals surface area contributed by atoms with E-state index in [4.69, 9.17) is 0 Å². The van der Waals surface area contributed by atoms with Gasteiger partial charge in [0.1, 0.15) is 0 Å². The first-order valence-electron chi connectivity index (χ1n) is 7.33. The van der Waals surface area contributed by atoms with Gasteiger partial charge in [0.25, 0.3) is 5.56 Å². The van der Waals surface area contributed by atoms with Crippen LogP contribution in [-0.2, 0) is 6.42 Å². The van der Waals surface area contributed by atoms with Crippen molar-refractivity contribution in [3.63, 3.8) is 0 Å². The van der Waals surface area contributed by atoms with Gasteiger partial charge in [-0.1, -0.05) is 31.1 Å². The van der Waals surface area contributed by atoms with Crippen LogP contribution in [0, 0.1) is 5.92 Å². The van der Waals surface area contributed by atoms with Gasteiger partial charge < -0.3 is 5.32 Å². The molecule has 0 aromatic carbocycles. The number of hydrogen-bond donors (Lipinski definition) is 1. The van der Waals surface area contributed by atoms with E-state index in [9.17, 15) is 4.79 Å². The molecule has 5 nitrogen and oxygen atoms in total. The van der Waals surface area contributed by atoms with Crippen molar-refractivity contribution >= 4 is 21.4 Å². The summed E-state index contributed by atoms with van der Waals surface area (Å²) in [6.45, 7) is 4.28. The summed E-state index contributed by atoms with van der Waals surface area (Å²) in [4.78, 5) is 17.2. The Morgan fingerprint density at radius 2 is 2.35 bits per heavy atom. The fourth-order valence-electron chi connectivity index (χ4n) is 2.55. The Bertz CT molecular complexity index is 659. The van der Waals surface area contributed by atoms with Gasteiger partial charge in [-0.3, -0.25) is 4.79 Å². The molecule has 2 aromatic rings. The first-order valence-corrected chi connectivity index (χ1v) is 8.15. The average molecular weight is 292 g/mol. The summed E-state index contributed by atoms with van der Waals surface area (Å²) in [7, 11) is 0. The van der Waals surface area contributed by atoms with Crippen LogP contribution in [0.5, 0.6) is 0 Å². The quantitative estimate of drug-likeness (QED) is 0.920. The van der Waals surface area contributed by atoms with Crippen LogP contribution in [0.4, 0.5) is 5.13 Å². The number of nitrogens with one attached hydrogen (secondary N) is 1. The molecule has 0 spiro atoms. The van der Waals surface area contributed by atoms with Gasteiger partial charge in [0.15, 0.2) is 0 Å². The van der Waals surface area contributed by atoms with Crippen molar-refractivity contribution in [1.29, 1.82) is 0 Å². The van der Waals surface area contributed by atoms with Crippen LogP contribution in [0.3, 0.4) is 0 Å². The fraction of sp³-hybridized carbons (Fsp3) is 0.643. The molecule has 0 aliphatic heterocycles. The van der Waals surface area contributed by atoms with Crippen molar-refractivity contribution in [1.82, 2.24) is 14.6 Å². The van der Waals surface area contributed by atoms with Gasteiger partial charge >= 0.3 is 0 Å². The Kier molecular flexibility index (Phi) is 3.74. The third kappa shape index (κ3) is 2.57. The Balaban J connectivity index is 1.85. The molecule has 1 aliphatic rings. The van der Waals surface area contributed by atoms with Crippen molar-refractivity contribution in [2.75, 3.05) is 5.32 Å². The maximum absolute atomic E-state index is 12.0. The van der Waals surface area contributed by atoms with E-state index in [1.165, 1.54) is 35.1 Å². The molecule has 1 saturated carbocycles. The summed E-state index contributed by atoms with van der Waals surface area (Å²) in [6.07, 6.45) is 5.74. The highest BCUT2D eigenvalue weighted by Gasteiger charge is 2.24. The smallest absolute Gasteiger partial charge is 0.275 e. The summed E-state index contributed by atoms with van der Waals surface area (Å²) >= 11 is 1.46. The lowest BCUT2D eigenvalue weighted by Gasteiger charge is -2.31. The number of aromatic nitrogens is 3. The van der Waals surface area contributed by atoms with E-state index >= 15 is 0 Å². The van der Waals surface area contributed by atoms with Gasteiger partial charge in [-0.05, 0) is 32.1 Å². The Hall–Kier alpha value is -1.43. The summed E-state index contributed by atoms with van der Waals surface area (Å²) in [6, 6.07) is 2.00. The fourth-order valence-corrected chi connectivity index (χ4v) is 3.47. The molecule has 0 amide bonds. The minimum absolute atomic E-state index is 0.0842. The predicted molar refractivity (Wildman–Crippen MR) is 81.6 cm³/mol. The molecule has 0 saturated heterocycles. The third-order valence-corrected chi connectivity index (χ3v) is 4.85. The molecule has 0 bridgehead atoms. The number of fused-ring (bicyclic) bond motifs is 1. The van der Waals surface area contributed by atoms with E-state index in [1.807, 2.05) is 0 Å². The number of aryl methyl sites for hydroxylation is 1. The van der Waals surface area contributed by atoms with E-state index in [2.05, 4.69) is 29.2 Å². The van der Waals surface area contributed by atoms with Crippen LogP contribution in [0.15, 0.2) is 10.9 Å². The van der Waals surface area contributed by atoms with Crippen LogP contribution in [0.2, 0.25) is 0 Å². The largest absolute Gasteiger partial charge is 0.357 e. The number of anilines is 1. The van der Waals surface area contributed by atoms with Gasteiger partial charge in [0, 0.05) is 17.8 Å². The van der Waals surface area contributed by atoms with E-state index in [0.717, 1.165) is 29.6 Å². The second-order valence-corrected chi connectivity index (χ2v) is 6.52. The lowest BCUT2D eigenvalue weighted by Crippen LogP contribution is -2.30. The molecular weight excluding hydrogens is 272 g/mol. The van der Waals surface area contributed by atoms with Crippen molar-refractivity contribution in [2.45, 2.75) is 52.0 Å². The minimum Gasteiger partial charge on any atom is -0.357 e. The molecule has 6 heteroatoms. The number of hydrogen-bond acceptors (Lipinski definition) is 5. The Labute approximate surface area is 122 Å². The standard InChI is InChI=1S/C14H20N4OS/c1-3-5-11-8-12(19)18-14(16-11)20-13(17-18)15-9(2)10-6-4-7-10/h8-10H,3-7H2,1-2H3,(H,15,17). The Morgan fingerprint density at radius 1 is 1.55 bits per heavy atom. The summed E-state index contributed by atoms with van der Waals surface area (Å²) in [5.41, 5.74) is 0.777. The molecule has 20 heavy (non-hydrogen) atoms. The van der Waals surface area contributed by atoms with Gasteiger partial charge in [-0.25, -0.2) is 4.98 Å². The summed E-state index contributed by atoms with van der Waals surface area (Å²) in [5.74, 6) is 0.738. The molecule has 1 unspecified atom stereocenters. The summed E-state index contributed by atoms with van der Waals surface area (Å²) in [5, 5.41) is 8.56.